The van der Waals surface area contributed by atoms with Gasteiger partial charge < -0.3 is 4.74 Å². The highest BCUT2D eigenvalue weighted by Crippen LogP contribution is 2.32. The average Bonchev–Trinajstić information content (AvgIpc) is 2.85. The summed E-state index contributed by atoms with van der Waals surface area (Å²) in [5, 5.41) is 13.3. The van der Waals surface area contributed by atoms with Crippen molar-refractivity contribution in [2.45, 2.75) is 19.3 Å². The molecule has 1 aliphatic heterocycles. The number of hydrogen-bond acceptors (Lipinski definition) is 3. The Balaban J connectivity index is 1.95. The van der Waals surface area contributed by atoms with Crippen molar-refractivity contribution in [2.24, 2.45) is 12.5 Å². The molecule has 1 aromatic heterocycles. The van der Waals surface area contributed by atoms with Gasteiger partial charge in [0.2, 0.25) is 0 Å². The second-order valence-corrected chi connectivity index (χ2v) is 4.22. The summed E-state index contributed by atoms with van der Waals surface area (Å²) in [6, 6.07) is 2.40. The number of hydrogen-bond donors (Lipinski definition) is 0. The molecule has 80 valence electrons. The van der Waals surface area contributed by atoms with Crippen molar-refractivity contribution in [3.8, 4) is 6.07 Å². The molecule has 4 nitrogen and oxygen atoms in total. The lowest BCUT2D eigenvalue weighted by Crippen LogP contribution is -2.19. The van der Waals surface area contributed by atoms with Crippen LogP contribution in [-0.4, -0.2) is 23.0 Å². The van der Waals surface area contributed by atoms with E-state index in [9.17, 15) is 0 Å². The van der Waals surface area contributed by atoms with Crippen molar-refractivity contribution >= 4 is 0 Å². The minimum Gasteiger partial charge on any atom is -0.380 e. The van der Waals surface area contributed by atoms with Crippen molar-refractivity contribution < 1.29 is 4.74 Å². The van der Waals surface area contributed by atoms with E-state index in [1.807, 2.05) is 19.4 Å². The minimum atomic E-state index is -0.254. The van der Waals surface area contributed by atoms with Crippen LogP contribution in [0.3, 0.4) is 0 Å². The van der Waals surface area contributed by atoms with Crippen LogP contribution in [0.2, 0.25) is 0 Å². The number of rotatable bonds is 3. The van der Waals surface area contributed by atoms with Crippen LogP contribution in [0, 0.1) is 16.7 Å². The van der Waals surface area contributed by atoms with Gasteiger partial charge in [-0.05, 0) is 24.8 Å². The van der Waals surface area contributed by atoms with Gasteiger partial charge in [0.25, 0.3) is 0 Å². The van der Waals surface area contributed by atoms with Crippen molar-refractivity contribution in [2.75, 3.05) is 13.2 Å². The third kappa shape index (κ3) is 2.18. The molecule has 0 spiro atoms. The van der Waals surface area contributed by atoms with Crippen LogP contribution in [0.4, 0.5) is 0 Å². The summed E-state index contributed by atoms with van der Waals surface area (Å²) in [4.78, 5) is 0. The Morgan fingerprint density at radius 2 is 2.60 bits per heavy atom. The van der Waals surface area contributed by atoms with E-state index in [1.54, 1.807) is 4.68 Å². The van der Waals surface area contributed by atoms with Gasteiger partial charge in [-0.1, -0.05) is 0 Å². The molecular weight excluding hydrogens is 190 g/mol. The van der Waals surface area contributed by atoms with Gasteiger partial charge in [-0.15, -0.1) is 0 Å². The zero-order valence-corrected chi connectivity index (χ0v) is 8.94. The largest absolute Gasteiger partial charge is 0.380 e. The quantitative estimate of drug-likeness (QED) is 0.747. The molecule has 1 fully saturated rings. The summed E-state index contributed by atoms with van der Waals surface area (Å²) in [5.41, 5.74) is 0.939. The molecule has 2 rings (SSSR count). The van der Waals surface area contributed by atoms with Crippen molar-refractivity contribution in [3.63, 3.8) is 0 Å². The van der Waals surface area contributed by atoms with Crippen LogP contribution >= 0.6 is 0 Å². The van der Waals surface area contributed by atoms with Crippen molar-refractivity contribution in [3.05, 3.63) is 18.0 Å². The highest BCUT2D eigenvalue weighted by atomic mass is 16.5. The zero-order chi connectivity index (χ0) is 10.7. The minimum absolute atomic E-state index is 0.254. The fourth-order valence-electron chi connectivity index (χ4n) is 1.93. The van der Waals surface area contributed by atoms with Gasteiger partial charge >= 0.3 is 0 Å². The molecule has 0 aromatic carbocycles. The maximum atomic E-state index is 9.15. The van der Waals surface area contributed by atoms with E-state index in [-0.39, 0.29) is 5.41 Å². The maximum Gasteiger partial charge on any atom is 0.0831 e. The SMILES string of the molecule is Cn1cc(CCC2(C#N)CCOC2)cn1. The molecular formula is C11H15N3O. The Labute approximate surface area is 89.5 Å². The van der Waals surface area contributed by atoms with Gasteiger partial charge in [0, 0.05) is 19.9 Å². The number of aromatic nitrogens is 2. The van der Waals surface area contributed by atoms with E-state index in [0.29, 0.717) is 6.61 Å². The molecule has 2 heterocycles. The molecule has 0 radical (unpaired) electrons. The van der Waals surface area contributed by atoms with Crippen molar-refractivity contribution in [1.29, 1.82) is 5.26 Å². The second kappa shape index (κ2) is 4.03. The molecule has 0 N–H and O–H groups in total. The molecule has 1 saturated heterocycles. The monoisotopic (exact) mass is 205 g/mol. The highest BCUT2D eigenvalue weighted by molar-refractivity contribution is 5.08. The standard InChI is InChI=1S/C11H15N3O/c1-14-7-10(6-13-14)2-3-11(8-12)4-5-15-9-11/h6-7H,2-5,9H2,1H3. The van der Waals surface area contributed by atoms with Crippen molar-refractivity contribution in [1.82, 2.24) is 9.78 Å². The molecule has 1 aromatic rings. The summed E-state index contributed by atoms with van der Waals surface area (Å²) in [5.74, 6) is 0. The first-order valence-corrected chi connectivity index (χ1v) is 5.21. The van der Waals surface area contributed by atoms with Crippen LogP contribution in [0.5, 0.6) is 0 Å². The van der Waals surface area contributed by atoms with Gasteiger partial charge in [0.15, 0.2) is 0 Å². The van der Waals surface area contributed by atoms with E-state index < -0.39 is 0 Å². The van der Waals surface area contributed by atoms with Gasteiger partial charge in [-0.25, -0.2) is 0 Å². The van der Waals surface area contributed by atoms with E-state index >= 15 is 0 Å². The molecule has 1 aliphatic rings. The van der Waals surface area contributed by atoms with Gasteiger partial charge in [0.1, 0.15) is 0 Å². The van der Waals surface area contributed by atoms with E-state index in [0.717, 1.165) is 25.9 Å². The lowest BCUT2D eigenvalue weighted by atomic mass is 9.83. The molecule has 0 aliphatic carbocycles. The summed E-state index contributed by atoms with van der Waals surface area (Å²) >= 11 is 0. The third-order valence-corrected chi connectivity index (χ3v) is 2.99. The fourth-order valence-corrected chi connectivity index (χ4v) is 1.93. The predicted octanol–water partition coefficient (Wildman–Crippen LogP) is 1.28. The Hall–Kier alpha value is -1.34. The fraction of sp³-hybridized carbons (Fsp3) is 0.636. The first kappa shape index (κ1) is 10.2. The third-order valence-electron chi connectivity index (χ3n) is 2.99. The van der Waals surface area contributed by atoms with Crippen LogP contribution in [0.15, 0.2) is 12.4 Å². The molecule has 1 unspecified atom stereocenters. The zero-order valence-electron chi connectivity index (χ0n) is 8.94. The molecule has 15 heavy (non-hydrogen) atoms. The smallest absolute Gasteiger partial charge is 0.0831 e. The lowest BCUT2D eigenvalue weighted by molar-refractivity contribution is 0.169. The average molecular weight is 205 g/mol. The van der Waals surface area contributed by atoms with Crippen LogP contribution in [0.25, 0.3) is 0 Å². The number of nitrogens with zero attached hydrogens (tertiary/aromatic N) is 3. The van der Waals surface area contributed by atoms with E-state index in [2.05, 4.69) is 11.2 Å². The topological polar surface area (TPSA) is 50.8 Å². The summed E-state index contributed by atoms with van der Waals surface area (Å²) < 4.78 is 7.09. The van der Waals surface area contributed by atoms with Crippen LogP contribution < -0.4 is 0 Å². The maximum absolute atomic E-state index is 9.15. The molecule has 0 amide bonds. The molecule has 1 atom stereocenters. The Morgan fingerprint density at radius 3 is 3.13 bits per heavy atom. The lowest BCUT2D eigenvalue weighted by Gasteiger charge is -2.17. The van der Waals surface area contributed by atoms with Gasteiger partial charge in [0.05, 0.1) is 24.3 Å². The summed E-state index contributed by atoms with van der Waals surface area (Å²) in [7, 11) is 1.91. The van der Waals surface area contributed by atoms with Crippen LogP contribution in [-0.2, 0) is 18.2 Å². The predicted molar refractivity (Wildman–Crippen MR) is 55.0 cm³/mol. The number of nitriles is 1. The highest BCUT2D eigenvalue weighted by Gasteiger charge is 2.34. The normalized spacial score (nSPS) is 25.3. The Bertz CT molecular complexity index is 371. The second-order valence-electron chi connectivity index (χ2n) is 4.22. The van der Waals surface area contributed by atoms with Gasteiger partial charge in [-0.3, -0.25) is 4.68 Å². The number of ether oxygens (including phenoxy) is 1. The Kier molecular flexibility index (Phi) is 2.74. The van der Waals surface area contributed by atoms with E-state index in [4.69, 9.17) is 10.00 Å². The molecule has 0 bridgehead atoms. The summed E-state index contributed by atoms with van der Waals surface area (Å²) in [6.07, 6.45) is 6.51. The molecule has 0 saturated carbocycles. The first-order valence-electron chi connectivity index (χ1n) is 5.21. The van der Waals surface area contributed by atoms with Gasteiger partial charge in [-0.2, -0.15) is 10.4 Å². The molecule has 4 heteroatoms. The number of aryl methyl sites for hydroxylation is 2. The van der Waals surface area contributed by atoms with Crippen LogP contribution in [0.1, 0.15) is 18.4 Å². The first-order chi connectivity index (χ1) is 7.24. The Morgan fingerprint density at radius 1 is 1.73 bits per heavy atom. The van der Waals surface area contributed by atoms with E-state index in [1.165, 1.54) is 5.56 Å². The summed E-state index contributed by atoms with van der Waals surface area (Å²) in [6.45, 7) is 1.31.